The van der Waals surface area contributed by atoms with Crippen molar-refractivity contribution in [3.8, 4) is 18.9 Å². The zero-order chi connectivity index (χ0) is 21.4. The molecule has 0 saturated heterocycles. The summed E-state index contributed by atoms with van der Waals surface area (Å²) in [5.41, 5.74) is 5.52. The summed E-state index contributed by atoms with van der Waals surface area (Å²) < 4.78 is 8.77. The number of aromatic nitrogens is 1. The van der Waals surface area contributed by atoms with Crippen molar-refractivity contribution in [1.82, 2.24) is 4.57 Å². The molecule has 3 heteroatoms. The Balaban J connectivity index is 1.57. The van der Waals surface area contributed by atoms with Gasteiger partial charge in [0.05, 0.1) is 0 Å². The van der Waals surface area contributed by atoms with E-state index in [1.165, 1.54) is 67.5 Å². The quantitative estimate of drug-likeness (QED) is 0.150. The van der Waals surface area contributed by atoms with Crippen LogP contribution in [0.2, 0.25) is 0 Å². The first-order chi connectivity index (χ1) is 15.1. The van der Waals surface area contributed by atoms with E-state index >= 15 is 0 Å². The number of fused-ring (bicyclic) bond motifs is 3. The normalized spacial score (nSPS) is 11.7. The van der Waals surface area contributed by atoms with Crippen LogP contribution in [0.3, 0.4) is 0 Å². The fourth-order valence-electron chi connectivity index (χ4n) is 4.50. The Morgan fingerprint density at radius 2 is 1.39 bits per heavy atom. The first kappa shape index (κ1) is 21.1. The first-order valence-corrected chi connectivity index (χ1v) is 14.8. The molecule has 0 aliphatic carbocycles. The average molecular weight is 537 g/mol. The summed E-state index contributed by atoms with van der Waals surface area (Å²) in [5.74, 6) is 0. The Morgan fingerprint density at radius 3 is 2.16 bits per heavy atom. The summed E-state index contributed by atoms with van der Waals surface area (Å²) in [5, 5.41) is 2.83. The van der Waals surface area contributed by atoms with Gasteiger partial charge in [-0.3, -0.25) is 0 Å². The minimum absolute atomic E-state index is 0.411. The van der Waals surface area contributed by atoms with Gasteiger partial charge in [0, 0.05) is 0 Å². The second-order valence-electron chi connectivity index (χ2n) is 8.54. The molecule has 5 rings (SSSR count). The molecule has 0 bridgehead atoms. The number of unbranched alkanes of at least 4 members (excludes halogenated alkanes) is 3. The average Bonchev–Trinajstić information content (AvgIpc) is 3.49. The van der Waals surface area contributed by atoms with E-state index in [1.807, 2.05) is 0 Å². The molecule has 0 aliphatic rings. The molecule has 0 N–H and O–H groups in total. The molecule has 0 aliphatic heterocycles. The van der Waals surface area contributed by atoms with Crippen molar-refractivity contribution in [3.63, 3.8) is 0 Å². The number of benzene rings is 2. The number of hydrogen-bond donors (Lipinski definition) is 0. The fraction of sp³-hybridized carbons (Fsp3) is 0.286. The summed E-state index contributed by atoms with van der Waals surface area (Å²) in [6.45, 7) is 7.86. The first-order valence-electron chi connectivity index (χ1n) is 11.3. The number of aryl methyl sites for hydroxylation is 3. The minimum atomic E-state index is 0.411. The molecule has 0 radical (unpaired) electrons. The zero-order valence-electron chi connectivity index (χ0n) is 18.6. The van der Waals surface area contributed by atoms with Crippen LogP contribution in [0.1, 0.15) is 42.6 Å². The van der Waals surface area contributed by atoms with Crippen molar-refractivity contribution in [2.45, 2.75) is 53.0 Å². The maximum atomic E-state index is 2.56. The van der Waals surface area contributed by atoms with Crippen LogP contribution < -0.4 is 0 Å². The Kier molecular flexibility index (Phi) is 6.13. The van der Waals surface area contributed by atoms with Crippen molar-refractivity contribution in [2.24, 2.45) is 0 Å². The molecule has 0 spiro atoms. The molecule has 0 saturated carbocycles. The molecule has 1 nitrogen and oxygen atoms in total. The van der Waals surface area contributed by atoms with Crippen molar-refractivity contribution in [3.05, 3.63) is 70.7 Å². The van der Waals surface area contributed by atoms with E-state index in [1.54, 1.807) is 8.87 Å². The topological polar surface area (TPSA) is 4.93 Å². The van der Waals surface area contributed by atoms with E-state index in [9.17, 15) is 0 Å². The van der Waals surface area contributed by atoms with Crippen molar-refractivity contribution in [2.75, 3.05) is 0 Å². The SMILES string of the molecule is CCCCCCn1c2ccc(C)cc2c2cc(-c3ccc(-c4ccc(C)[se]4)[se]3)ccc21. The molecule has 31 heavy (non-hydrogen) atoms. The van der Waals surface area contributed by atoms with Gasteiger partial charge in [-0.15, -0.1) is 0 Å². The van der Waals surface area contributed by atoms with Gasteiger partial charge >= 0.3 is 198 Å². The standard InChI is InChI=1S/C28H29NSe2/c1-4-5-6-7-16-29-24-11-8-19(2)17-22(24)23-18-21(10-12-25(23)29)26-14-15-28(31-26)27-13-9-20(3)30-27/h8-15,17-18H,4-7,16H2,1-3H3. The van der Waals surface area contributed by atoms with E-state index < -0.39 is 0 Å². The number of hydrogen-bond acceptors (Lipinski definition) is 0. The predicted octanol–water partition coefficient (Wildman–Crippen LogP) is 7.44. The number of rotatable bonds is 7. The summed E-state index contributed by atoms with van der Waals surface area (Å²) in [7, 11) is 0. The molecule has 5 aromatic rings. The summed E-state index contributed by atoms with van der Waals surface area (Å²) in [6.07, 6.45) is 5.19. The Morgan fingerprint density at radius 1 is 0.677 bits per heavy atom. The molecule has 3 heterocycles. The Hall–Kier alpha value is -1.76. The van der Waals surface area contributed by atoms with Crippen molar-refractivity contribution >= 4 is 50.8 Å². The van der Waals surface area contributed by atoms with Gasteiger partial charge in [0.15, 0.2) is 0 Å². The van der Waals surface area contributed by atoms with Gasteiger partial charge in [0.1, 0.15) is 0 Å². The van der Waals surface area contributed by atoms with Crippen LogP contribution in [0, 0.1) is 13.8 Å². The third-order valence-corrected chi connectivity index (χ3v) is 11.4. The van der Waals surface area contributed by atoms with E-state index in [0.717, 1.165) is 6.54 Å². The van der Waals surface area contributed by atoms with Gasteiger partial charge in [-0.05, 0) is 0 Å². The van der Waals surface area contributed by atoms with Gasteiger partial charge < -0.3 is 0 Å². The molecule has 0 unspecified atom stereocenters. The van der Waals surface area contributed by atoms with Crippen LogP contribution in [0.5, 0.6) is 0 Å². The molecular weight excluding hydrogens is 508 g/mol. The van der Waals surface area contributed by atoms with Gasteiger partial charge in [0.25, 0.3) is 0 Å². The van der Waals surface area contributed by atoms with Gasteiger partial charge in [-0.2, -0.15) is 0 Å². The third-order valence-electron chi connectivity index (χ3n) is 6.13. The van der Waals surface area contributed by atoms with Crippen molar-refractivity contribution < 1.29 is 0 Å². The second kappa shape index (κ2) is 9.00. The fourth-order valence-corrected chi connectivity index (χ4v) is 9.00. The molecule has 0 fully saturated rings. The molecule has 158 valence electrons. The van der Waals surface area contributed by atoms with E-state index in [2.05, 4.69) is 86.0 Å². The molecule has 3 aromatic heterocycles. The number of nitrogens with zero attached hydrogens (tertiary/aromatic N) is 1. The summed E-state index contributed by atoms with van der Waals surface area (Å²) in [4.78, 5) is 0. The van der Waals surface area contributed by atoms with Gasteiger partial charge in [-0.1, -0.05) is 0 Å². The van der Waals surface area contributed by atoms with E-state index in [4.69, 9.17) is 0 Å². The van der Waals surface area contributed by atoms with Crippen molar-refractivity contribution in [1.29, 1.82) is 0 Å². The second-order valence-corrected chi connectivity index (χ2v) is 13.5. The van der Waals surface area contributed by atoms with Crippen LogP contribution in [-0.4, -0.2) is 33.6 Å². The van der Waals surface area contributed by atoms with E-state index in [-0.39, 0.29) is 0 Å². The van der Waals surface area contributed by atoms with Crippen LogP contribution in [0.15, 0.2) is 60.7 Å². The Labute approximate surface area is 197 Å². The van der Waals surface area contributed by atoms with Crippen LogP contribution in [0.4, 0.5) is 0 Å². The van der Waals surface area contributed by atoms with Gasteiger partial charge in [0.2, 0.25) is 0 Å². The zero-order valence-corrected chi connectivity index (χ0v) is 22.0. The third kappa shape index (κ3) is 4.18. The summed E-state index contributed by atoms with van der Waals surface area (Å²) >= 11 is 0.942. The molecular formula is C28H29NSe2. The van der Waals surface area contributed by atoms with E-state index in [0.29, 0.717) is 29.0 Å². The molecule has 0 atom stereocenters. The van der Waals surface area contributed by atoms with Crippen LogP contribution in [0.25, 0.3) is 40.7 Å². The summed E-state index contributed by atoms with van der Waals surface area (Å²) in [6, 6.07) is 23.5. The predicted molar refractivity (Wildman–Crippen MR) is 138 cm³/mol. The molecule has 0 amide bonds. The Bertz CT molecular complexity index is 1350. The van der Waals surface area contributed by atoms with Crippen LogP contribution in [-0.2, 0) is 6.54 Å². The molecule has 2 aromatic carbocycles. The maximum absolute atomic E-state index is 2.56. The monoisotopic (exact) mass is 539 g/mol. The van der Waals surface area contributed by atoms with Crippen LogP contribution >= 0.6 is 0 Å². The van der Waals surface area contributed by atoms with Gasteiger partial charge in [-0.25, -0.2) is 0 Å².